The number of hydrogen-bond donors (Lipinski definition) is 2. The molecule has 270 valence electrons. The quantitative estimate of drug-likeness (QED) is 0.133. The smallest absolute Gasteiger partial charge is 0.123 e. The summed E-state index contributed by atoms with van der Waals surface area (Å²) in [5.74, 6) is 2.04. The molecular weight excluding hydrogens is 687 g/mol. The van der Waals surface area contributed by atoms with Crippen molar-refractivity contribution in [3.05, 3.63) is 165 Å². The summed E-state index contributed by atoms with van der Waals surface area (Å²) >= 11 is 13.2. The van der Waals surface area contributed by atoms with Gasteiger partial charge in [-0.3, -0.25) is 0 Å². The van der Waals surface area contributed by atoms with Crippen molar-refractivity contribution < 1.29 is 9.47 Å². The highest BCUT2D eigenvalue weighted by atomic mass is 35.5. The van der Waals surface area contributed by atoms with E-state index in [0.717, 1.165) is 60.0 Å². The normalized spacial score (nSPS) is 22.6. The summed E-state index contributed by atoms with van der Waals surface area (Å²) in [6, 6.07) is 45.0. The average molecular weight is 736 g/mol. The minimum Gasteiger partial charge on any atom is -0.496 e. The number of hydrogen-bond acceptors (Lipinski definition) is 6. The summed E-state index contributed by atoms with van der Waals surface area (Å²) in [5.41, 5.74) is 6.06. The minimum absolute atomic E-state index is 0.0481. The number of ether oxygens (including phenoxy) is 2. The fourth-order valence-electron chi connectivity index (χ4n) is 8.42. The zero-order valence-corrected chi connectivity index (χ0v) is 31.4. The molecule has 0 aromatic heterocycles. The van der Waals surface area contributed by atoms with E-state index in [-0.39, 0.29) is 24.2 Å². The van der Waals surface area contributed by atoms with Crippen LogP contribution in [0.4, 0.5) is 0 Å². The number of rotatable bonds is 12. The van der Waals surface area contributed by atoms with Gasteiger partial charge in [-0.05, 0) is 72.4 Å². The van der Waals surface area contributed by atoms with Crippen molar-refractivity contribution in [1.29, 1.82) is 0 Å². The molecule has 7 rings (SSSR count). The van der Waals surface area contributed by atoms with Gasteiger partial charge in [0, 0.05) is 65.4 Å². The highest BCUT2D eigenvalue weighted by Gasteiger charge is 2.45. The molecule has 5 unspecified atom stereocenters. The lowest BCUT2D eigenvalue weighted by Crippen LogP contribution is -2.61. The predicted molar refractivity (Wildman–Crippen MR) is 212 cm³/mol. The summed E-state index contributed by atoms with van der Waals surface area (Å²) in [7, 11) is 3.46. The topological polar surface area (TPSA) is 49.0 Å². The number of benzene rings is 5. The zero-order valence-electron chi connectivity index (χ0n) is 29.9. The van der Waals surface area contributed by atoms with Crippen LogP contribution in [-0.4, -0.2) is 49.4 Å². The lowest BCUT2D eigenvalue weighted by atomic mass is 9.78. The van der Waals surface area contributed by atoms with Crippen molar-refractivity contribution in [2.45, 2.75) is 62.4 Å². The molecule has 0 spiro atoms. The van der Waals surface area contributed by atoms with Crippen LogP contribution in [0.1, 0.15) is 65.1 Å². The van der Waals surface area contributed by atoms with Crippen LogP contribution in [0.2, 0.25) is 10.0 Å². The molecule has 0 radical (unpaired) electrons. The number of nitrogens with zero attached hydrogens (tertiary/aromatic N) is 2. The number of methoxy groups -OCH3 is 2. The first-order valence-corrected chi connectivity index (χ1v) is 19.1. The zero-order chi connectivity index (χ0) is 35.9. The maximum absolute atomic E-state index is 6.73. The van der Waals surface area contributed by atoms with Gasteiger partial charge < -0.3 is 20.1 Å². The number of para-hydroxylation sites is 1. The second-order valence-corrected chi connectivity index (χ2v) is 14.7. The van der Waals surface area contributed by atoms with E-state index in [1.807, 2.05) is 36.4 Å². The van der Waals surface area contributed by atoms with Crippen LogP contribution in [0.25, 0.3) is 0 Å². The molecule has 8 heteroatoms. The Bertz CT molecular complexity index is 1890. The standard InChI is InChI=1S/C44H48Cl2N4O2/c1-51-40-21-10-9-17-34(40)29-48-42-38(31-13-5-3-6-14-31)24-26-50(44(42)32-15-7-4-8-16-32)49-25-12-20-39(43(49)33-18-11-19-36(45)27-33)47-30-35-28-37(46)22-23-41(35)52-2/h3-11,13-19,21-23,27-28,38-39,42-44,47-48H,12,20,24-26,29-30H2,1-2H3. The third-order valence-electron chi connectivity index (χ3n) is 10.8. The van der Waals surface area contributed by atoms with E-state index in [9.17, 15) is 0 Å². The van der Waals surface area contributed by atoms with E-state index < -0.39 is 0 Å². The third kappa shape index (κ3) is 8.18. The SMILES string of the molecule is COc1ccc(Cl)cc1CNC1CCCN(N2CCC(c3ccccc3)C(NCc3ccccc3OC)C2c2ccccc2)C1c1cccc(Cl)c1. The molecule has 2 fully saturated rings. The van der Waals surface area contributed by atoms with Gasteiger partial charge in [0.15, 0.2) is 0 Å². The highest BCUT2D eigenvalue weighted by Crippen LogP contribution is 2.45. The predicted octanol–water partition coefficient (Wildman–Crippen LogP) is 9.61. The Balaban J connectivity index is 1.28. The van der Waals surface area contributed by atoms with Crippen LogP contribution in [0.15, 0.2) is 127 Å². The monoisotopic (exact) mass is 734 g/mol. The molecule has 5 aromatic carbocycles. The molecule has 0 amide bonds. The van der Waals surface area contributed by atoms with Crippen molar-refractivity contribution in [3.63, 3.8) is 0 Å². The number of nitrogens with one attached hydrogen (secondary N) is 2. The fourth-order valence-corrected chi connectivity index (χ4v) is 8.81. The average Bonchev–Trinajstić information content (AvgIpc) is 3.19. The first-order chi connectivity index (χ1) is 25.5. The van der Waals surface area contributed by atoms with Gasteiger partial charge in [0.1, 0.15) is 11.5 Å². The van der Waals surface area contributed by atoms with Crippen molar-refractivity contribution >= 4 is 23.2 Å². The van der Waals surface area contributed by atoms with Gasteiger partial charge in [-0.25, -0.2) is 10.0 Å². The second kappa shape index (κ2) is 17.3. The first kappa shape index (κ1) is 36.5. The van der Waals surface area contributed by atoms with Crippen LogP contribution in [0.3, 0.4) is 0 Å². The summed E-state index contributed by atoms with van der Waals surface area (Å²) < 4.78 is 11.5. The van der Waals surface area contributed by atoms with Crippen molar-refractivity contribution in [1.82, 2.24) is 20.7 Å². The Morgan fingerprint density at radius 2 is 1.21 bits per heavy atom. The molecule has 2 aliphatic rings. The van der Waals surface area contributed by atoms with E-state index >= 15 is 0 Å². The largest absolute Gasteiger partial charge is 0.496 e. The number of halogens is 2. The maximum Gasteiger partial charge on any atom is 0.123 e. The molecular formula is C44H48Cl2N4O2. The lowest BCUT2D eigenvalue weighted by Gasteiger charge is -2.55. The van der Waals surface area contributed by atoms with E-state index in [1.54, 1.807) is 14.2 Å². The Hall–Kier alpha value is -3.88. The Labute approximate surface area is 318 Å². The number of hydrazine groups is 1. The minimum atomic E-state index is 0.0481. The van der Waals surface area contributed by atoms with Gasteiger partial charge in [0.2, 0.25) is 0 Å². The summed E-state index contributed by atoms with van der Waals surface area (Å²) in [5, 5.41) is 14.8. The molecule has 2 aliphatic heterocycles. The fraction of sp³-hybridized carbons (Fsp3) is 0.318. The molecule has 6 nitrogen and oxygen atoms in total. The third-order valence-corrected chi connectivity index (χ3v) is 11.2. The van der Waals surface area contributed by atoms with Crippen LogP contribution < -0.4 is 20.1 Å². The molecule has 5 aromatic rings. The molecule has 0 bridgehead atoms. The Morgan fingerprint density at radius 1 is 0.577 bits per heavy atom. The molecule has 5 atom stereocenters. The lowest BCUT2D eigenvalue weighted by molar-refractivity contribution is -0.143. The molecule has 0 saturated carbocycles. The maximum atomic E-state index is 6.73. The summed E-state index contributed by atoms with van der Waals surface area (Å²) in [6.45, 7) is 3.19. The van der Waals surface area contributed by atoms with Gasteiger partial charge in [-0.15, -0.1) is 0 Å². The van der Waals surface area contributed by atoms with Crippen molar-refractivity contribution in [3.8, 4) is 11.5 Å². The van der Waals surface area contributed by atoms with Crippen LogP contribution in [-0.2, 0) is 13.1 Å². The van der Waals surface area contributed by atoms with Gasteiger partial charge in [-0.1, -0.05) is 114 Å². The van der Waals surface area contributed by atoms with E-state index in [4.69, 9.17) is 32.7 Å². The van der Waals surface area contributed by atoms with E-state index in [0.29, 0.717) is 24.0 Å². The van der Waals surface area contributed by atoms with Gasteiger partial charge in [0.05, 0.1) is 26.3 Å². The van der Waals surface area contributed by atoms with Crippen LogP contribution in [0.5, 0.6) is 11.5 Å². The van der Waals surface area contributed by atoms with E-state index in [1.165, 1.54) is 16.7 Å². The van der Waals surface area contributed by atoms with Crippen molar-refractivity contribution in [2.75, 3.05) is 27.3 Å². The molecule has 2 N–H and O–H groups in total. The van der Waals surface area contributed by atoms with Gasteiger partial charge in [-0.2, -0.15) is 0 Å². The van der Waals surface area contributed by atoms with E-state index in [2.05, 4.69) is 112 Å². The van der Waals surface area contributed by atoms with Crippen LogP contribution in [0, 0.1) is 0 Å². The van der Waals surface area contributed by atoms with Gasteiger partial charge >= 0.3 is 0 Å². The Kier molecular flexibility index (Phi) is 12.1. The highest BCUT2D eigenvalue weighted by molar-refractivity contribution is 6.30. The Morgan fingerprint density at radius 3 is 1.96 bits per heavy atom. The van der Waals surface area contributed by atoms with Gasteiger partial charge in [0.25, 0.3) is 0 Å². The van der Waals surface area contributed by atoms with Crippen LogP contribution >= 0.6 is 23.2 Å². The van der Waals surface area contributed by atoms with Crippen molar-refractivity contribution in [2.24, 2.45) is 0 Å². The number of piperidine rings is 2. The summed E-state index contributed by atoms with van der Waals surface area (Å²) in [6.07, 6.45) is 3.09. The second-order valence-electron chi connectivity index (χ2n) is 13.8. The molecule has 2 saturated heterocycles. The molecule has 52 heavy (non-hydrogen) atoms. The molecule has 0 aliphatic carbocycles. The first-order valence-electron chi connectivity index (χ1n) is 18.3. The summed E-state index contributed by atoms with van der Waals surface area (Å²) in [4.78, 5) is 0. The molecule has 2 heterocycles.